The van der Waals surface area contributed by atoms with Crippen LogP contribution >= 0.6 is 34.7 Å². The molecule has 5 nitrogen and oxygen atoms in total. The number of nitrogens with zero attached hydrogens (tertiary/aromatic N) is 2. The third-order valence-corrected chi connectivity index (χ3v) is 5.20. The number of aromatic nitrogens is 2. The Morgan fingerprint density at radius 2 is 2.04 bits per heavy atom. The lowest BCUT2D eigenvalue weighted by molar-refractivity contribution is 0.102. The highest BCUT2D eigenvalue weighted by molar-refractivity contribution is 7.99. The van der Waals surface area contributed by atoms with E-state index in [2.05, 4.69) is 34.6 Å². The molecule has 0 bridgehead atoms. The standard InChI is InChI=1S/C16H14ClN3O2S2/c1-2-23-11-5-3-10(4-6-11)9-14-19-20-16(22-14)18-15(21)12-7-8-13(17)24-12/h3-8H,2,9H2,1H3,(H,18,20,21). The SMILES string of the molecule is CCSc1ccc(Cc2nnc(NC(=O)c3ccc(Cl)s3)o2)cc1. The van der Waals surface area contributed by atoms with E-state index in [0.29, 0.717) is 21.5 Å². The number of hydrogen-bond donors (Lipinski definition) is 1. The molecule has 2 aromatic heterocycles. The Hall–Kier alpha value is -1.83. The molecule has 0 atom stereocenters. The summed E-state index contributed by atoms with van der Waals surface area (Å²) in [4.78, 5) is 13.7. The molecule has 0 aliphatic rings. The van der Waals surface area contributed by atoms with Crippen molar-refractivity contribution in [1.82, 2.24) is 10.2 Å². The first kappa shape index (κ1) is 17.0. The molecular formula is C16H14ClN3O2S2. The third kappa shape index (κ3) is 4.37. The Morgan fingerprint density at radius 1 is 1.25 bits per heavy atom. The largest absolute Gasteiger partial charge is 0.407 e. The molecule has 24 heavy (non-hydrogen) atoms. The zero-order valence-corrected chi connectivity index (χ0v) is 15.2. The number of anilines is 1. The maximum atomic E-state index is 12.0. The van der Waals surface area contributed by atoms with E-state index in [1.807, 2.05) is 12.1 Å². The second-order valence-electron chi connectivity index (χ2n) is 4.81. The van der Waals surface area contributed by atoms with Crippen molar-refractivity contribution < 1.29 is 9.21 Å². The van der Waals surface area contributed by atoms with E-state index in [1.165, 1.54) is 16.2 Å². The zero-order chi connectivity index (χ0) is 16.9. The van der Waals surface area contributed by atoms with Gasteiger partial charge in [0, 0.05) is 4.90 Å². The Labute approximate surface area is 152 Å². The Bertz CT molecular complexity index is 830. The minimum atomic E-state index is -0.317. The van der Waals surface area contributed by atoms with Crippen LogP contribution in [-0.4, -0.2) is 21.9 Å². The molecule has 3 rings (SSSR count). The van der Waals surface area contributed by atoms with Crippen LogP contribution in [0.1, 0.15) is 28.0 Å². The molecule has 1 aromatic carbocycles. The molecular weight excluding hydrogens is 366 g/mol. The van der Waals surface area contributed by atoms with Crippen molar-refractivity contribution in [2.75, 3.05) is 11.1 Å². The van der Waals surface area contributed by atoms with E-state index in [4.69, 9.17) is 16.0 Å². The number of thioether (sulfide) groups is 1. The van der Waals surface area contributed by atoms with Crippen LogP contribution in [-0.2, 0) is 6.42 Å². The van der Waals surface area contributed by atoms with Crippen LogP contribution in [0.5, 0.6) is 0 Å². The number of halogens is 1. The van der Waals surface area contributed by atoms with Gasteiger partial charge < -0.3 is 4.42 Å². The predicted molar refractivity (Wildman–Crippen MR) is 97.2 cm³/mol. The molecule has 0 radical (unpaired) electrons. The third-order valence-electron chi connectivity index (χ3n) is 3.07. The molecule has 8 heteroatoms. The fraction of sp³-hybridized carbons (Fsp3) is 0.188. The summed E-state index contributed by atoms with van der Waals surface area (Å²) in [6.07, 6.45) is 0.519. The zero-order valence-electron chi connectivity index (χ0n) is 12.8. The van der Waals surface area contributed by atoms with Crippen molar-refractivity contribution in [3.8, 4) is 0 Å². The predicted octanol–water partition coefficient (Wildman–Crippen LogP) is 4.74. The lowest BCUT2D eigenvalue weighted by Gasteiger charge is -2.00. The second-order valence-corrected chi connectivity index (χ2v) is 7.87. The quantitative estimate of drug-likeness (QED) is 0.626. The van der Waals surface area contributed by atoms with Crippen LogP contribution in [0.2, 0.25) is 4.34 Å². The van der Waals surface area contributed by atoms with Crippen LogP contribution in [0.3, 0.4) is 0 Å². The maximum absolute atomic E-state index is 12.0. The lowest BCUT2D eigenvalue weighted by Crippen LogP contribution is -2.10. The van der Waals surface area contributed by atoms with Gasteiger partial charge in [-0.05, 0) is 35.6 Å². The van der Waals surface area contributed by atoms with E-state index in [0.717, 1.165) is 11.3 Å². The van der Waals surface area contributed by atoms with E-state index >= 15 is 0 Å². The average Bonchev–Trinajstić information content (AvgIpc) is 3.19. The van der Waals surface area contributed by atoms with Crippen LogP contribution in [0.4, 0.5) is 6.01 Å². The first-order valence-electron chi connectivity index (χ1n) is 7.25. The lowest BCUT2D eigenvalue weighted by atomic mass is 10.1. The molecule has 3 aromatic rings. The summed E-state index contributed by atoms with van der Waals surface area (Å²) in [5.74, 6) is 1.18. The highest BCUT2D eigenvalue weighted by atomic mass is 35.5. The minimum absolute atomic E-state index is 0.0812. The van der Waals surface area contributed by atoms with Crippen molar-refractivity contribution in [2.45, 2.75) is 18.2 Å². The van der Waals surface area contributed by atoms with Gasteiger partial charge in [-0.15, -0.1) is 28.2 Å². The van der Waals surface area contributed by atoms with Gasteiger partial charge in [-0.2, -0.15) is 0 Å². The fourth-order valence-corrected chi connectivity index (χ4v) is 3.62. The normalized spacial score (nSPS) is 10.8. The fourth-order valence-electron chi connectivity index (χ4n) is 2.02. The van der Waals surface area contributed by atoms with Gasteiger partial charge in [-0.1, -0.05) is 35.8 Å². The molecule has 0 aliphatic carbocycles. The van der Waals surface area contributed by atoms with Gasteiger partial charge in [-0.25, -0.2) is 0 Å². The van der Waals surface area contributed by atoms with Gasteiger partial charge in [-0.3, -0.25) is 10.1 Å². The Balaban J connectivity index is 1.61. The Morgan fingerprint density at radius 3 is 2.71 bits per heavy atom. The van der Waals surface area contributed by atoms with Gasteiger partial charge in [0.05, 0.1) is 15.6 Å². The van der Waals surface area contributed by atoms with Crippen molar-refractivity contribution in [1.29, 1.82) is 0 Å². The van der Waals surface area contributed by atoms with Gasteiger partial charge in [0.15, 0.2) is 0 Å². The molecule has 1 amide bonds. The van der Waals surface area contributed by atoms with E-state index < -0.39 is 0 Å². The molecule has 0 unspecified atom stereocenters. The molecule has 2 heterocycles. The van der Waals surface area contributed by atoms with Crippen LogP contribution < -0.4 is 5.32 Å². The number of thiophene rings is 1. The molecule has 0 aliphatic heterocycles. The van der Waals surface area contributed by atoms with Gasteiger partial charge in [0.1, 0.15) is 0 Å². The summed E-state index contributed by atoms with van der Waals surface area (Å²) in [6, 6.07) is 11.6. The molecule has 0 saturated heterocycles. The summed E-state index contributed by atoms with van der Waals surface area (Å²) < 4.78 is 6.03. The Kier molecular flexibility index (Phi) is 5.55. The van der Waals surface area contributed by atoms with Crippen LogP contribution in [0, 0.1) is 0 Å². The number of benzene rings is 1. The summed E-state index contributed by atoms with van der Waals surface area (Å²) in [5, 5.41) is 10.4. The number of carbonyl (C=O) groups is 1. The smallest absolute Gasteiger partial charge is 0.322 e. The van der Waals surface area contributed by atoms with Gasteiger partial charge >= 0.3 is 6.01 Å². The first-order valence-corrected chi connectivity index (χ1v) is 9.43. The van der Waals surface area contributed by atoms with Crippen LogP contribution in [0.15, 0.2) is 45.7 Å². The molecule has 0 saturated carbocycles. The second kappa shape index (κ2) is 7.83. The molecule has 0 spiro atoms. The number of nitrogens with one attached hydrogen (secondary N) is 1. The highest BCUT2D eigenvalue weighted by Crippen LogP contribution is 2.23. The topological polar surface area (TPSA) is 68.0 Å². The van der Waals surface area contributed by atoms with Gasteiger partial charge in [0.25, 0.3) is 5.91 Å². The van der Waals surface area contributed by atoms with Crippen LogP contribution in [0.25, 0.3) is 0 Å². The summed E-state index contributed by atoms with van der Waals surface area (Å²) in [5.41, 5.74) is 1.07. The number of rotatable bonds is 6. The van der Waals surface area contributed by atoms with Crippen molar-refractivity contribution in [3.63, 3.8) is 0 Å². The maximum Gasteiger partial charge on any atom is 0.322 e. The minimum Gasteiger partial charge on any atom is -0.407 e. The highest BCUT2D eigenvalue weighted by Gasteiger charge is 2.13. The van der Waals surface area contributed by atoms with Gasteiger partial charge in [0.2, 0.25) is 5.89 Å². The monoisotopic (exact) mass is 379 g/mol. The van der Waals surface area contributed by atoms with Crippen molar-refractivity contribution in [2.24, 2.45) is 0 Å². The first-order chi connectivity index (χ1) is 11.6. The molecule has 1 N–H and O–H groups in total. The molecule has 124 valence electrons. The van der Waals surface area contributed by atoms with Crippen molar-refractivity contribution in [3.05, 3.63) is 57.1 Å². The molecule has 0 fully saturated rings. The average molecular weight is 380 g/mol. The summed E-state index contributed by atoms with van der Waals surface area (Å²) >= 11 is 8.80. The summed E-state index contributed by atoms with van der Waals surface area (Å²) in [7, 11) is 0. The number of amides is 1. The van der Waals surface area contributed by atoms with E-state index in [9.17, 15) is 4.79 Å². The van der Waals surface area contributed by atoms with Crippen molar-refractivity contribution >= 4 is 46.6 Å². The summed E-state index contributed by atoms with van der Waals surface area (Å²) in [6.45, 7) is 2.12. The number of carbonyl (C=O) groups excluding carboxylic acids is 1. The van der Waals surface area contributed by atoms with E-state index in [-0.39, 0.29) is 11.9 Å². The van der Waals surface area contributed by atoms with E-state index in [1.54, 1.807) is 23.9 Å². The number of hydrogen-bond acceptors (Lipinski definition) is 6.